The molecule has 0 fully saturated rings. The van der Waals surface area contributed by atoms with E-state index in [0.29, 0.717) is 5.56 Å². The number of nitrogens with one attached hydrogen (secondary N) is 1. The van der Waals surface area contributed by atoms with Crippen molar-refractivity contribution < 1.29 is 4.39 Å². The Hall–Kier alpha value is -1.38. The van der Waals surface area contributed by atoms with E-state index >= 15 is 0 Å². The minimum absolute atomic E-state index is 0.168. The Labute approximate surface area is 131 Å². The highest BCUT2D eigenvalue weighted by molar-refractivity contribution is 6.30. The van der Waals surface area contributed by atoms with Gasteiger partial charge in [-0.25, -0.2) is 4.39 Å². The number of hydrogen-bond donors (Lipinski definition) is 1. The van der Waals surface area contributed by atoms with Crippen molar-refractivity contribution in [2.75, 3.05) is 6.54 Å². The summed E-state index contributed by atoms with van der Waals surface area (Å²) in [6.45, 7) is 5.04. The Bertz CT molecular complexity index is 580. The summed E-state index contributed by atoms with van der Waals surface area (Å²) in [6.07, 6.45) is 1.99. The van der Waals surface area contributed by atoms with Crippen LogP contribution in [0.15, 0.2) is 42.5 Å². The lowest BCUT2D eigenvalue weighted by Gasteiger charge is -2.21. The van der Waals surface area contributed by atoms with E-state index in [9.17, 15) is 4.39 Å². The molecule has 0 aliphatic rings. The average Bonchev–Trinajstić information content (AvgIpc) is 2.52. The van der Waals surface area contributed by atoms with Gasteiger partial charge in [0.25, 0.3) is 0 Å². The predicted octanol–water partition coefficient (Wildman–Crippen LogP) is 5.13. The number of halogens is 2. The van der Waals surface area contributed by atoms with Crippen LogP contribution < -0.4 is 5.32 Å². The highest BCUT2D eigenvalue weighted by Gasteiger charge is 2.18. The minimum atomic E-state index is -0.340. The lowest BCUT2D eigenvalue weighted by molar-refractivity contribution is 0.547. The van der Waals surface area contributed by atoms with Gasteiger partial charge in [-0.2, -0.15) is 0 Å². The van der Waals surface area contributed by atoms with E-state index in [1.54, 1.807) is 18.2 Å². The molecule has 1 unspecified atom stereocenters. The second-order valence-electron chi connectivity index (χ2n) is 5.13. The monoisotopic (exact) mass is 305 g/mol. The fourth-order valence-electron chi connectivity index (χ4n) is 2.39. The molecule has 2 rings (SSSR count). The standard InChI is InChI=1S/C18H21ClFN/c1-3-12-21-18(14-10-8-13(4-2)9-11-14)15-6-5-7-16(19)17(15)20/h5-11,18,21H,3-4,12H2,1-2H3. The molecule has 112 valence electrons. The molecule has 0 saturated heterocycles. The zero-order chi connectivity index (χ0) is 15.2. The molecule has 0 radical (unpaired) electrons. The van der Waals surface area contributed by atoms with Crippen LogP contribution in [0.25, 0.3) is 0 Å². The van der Waals surface area contributed by atoms with E-state index in [0.717, 1.165) is 24.9 Å². The van der Waals surface area contributed by atoms with Crippen molar-refractivity contribution in [2.24, 2.45) is 0 Å². The van der Waals surface area contributed by atoms with Crippen LogP contribution >= 0.6 is 11.6 Å². The quantitative estimate of drug-likeness (QED) is 0.780. The summed E-state index contributed by atoms with van der Waals surface area (Å²) in [4.78, 5) is 0. The number of hydrogen-bond acceptors (Lipinski definition) is 1. The third-order valence-electron chi connectivity index (χ3n) is 3.61. The van der Waals surface area contributed by atoms with Crippen LogP contribution in [0, 0.1) is 5.82 Å². The third kappa shape index (κ3) is 3.84. The SMILES string of the molecule is CCCNC(c1ccc(CC)cc1)c1cccc(Cl)c1F. The van der Waals surface area contributed by atoms with Gasteiger partial charge in [-0.15, -0.1) is 0 Å². The Kier molecular flexibility index (Phi) is 5.77. The summed E-state index contributed by atoms with van der Waals surface area (Å²) in [6, 6.07) is 13.3. The van der Waals surface area contributed by atoms with Crippen molar-refractivity contribution in [3.8, 4) is 0 Å². The molecule has 0 spiro atoms. The first-order chi connectivity index (χ1) is 10.2. The van der Waals surface area contributed by atoms with E-state index in [2.05, 4.69) is 43.4 Å². The Morgan fingerprint density at radius 3 is 2.43 bits per heavy atom. The molecular formula is C18H21ClFN. The van der Waals surface area contributed by atoms with Crippen LogP contribution in [0.3, 0.4) is 0 Å². The smallest absolute Gasteiger partial charge is 0.146 e. The maximum Gasteiger partial charge on any atom is 0.146 e. The lowest BCUT2D eigenvalue weighted by atomic mass is 9.96. The summed E-state index contributed by atoms with van der Waals surface area (Å²) in [5.74, 6) is -0.340. The van der Waals surface area contributed by atoms with Crippen molar-refractivity contribution in [3.05, 3.63) is 70.0 Å². The first-order valence-corrected chi connectivity index (χ1v) is 7.81. The Balaban J connectivity index is 2.39. The van der Waals surface area contributed by atoms with Crippen molar-refractivity contribution in [2.45, 2.75) is 32.7 Å². The highest BCUT2D eigenvalue weighted by Crippen LogP contribution is 2.28. The second kappa shape index (κ2) is 7.58. The maximum absolute atomic E-state index is 14.3. The molecule has 1 atom stereocenters. The molecule has 0 saturated carbocycles. The molecule has 2 aromatic carbocycles. The molecule has 0 aromatic heterocycles. The maximum atomic E-state index is 14.3. The van der Waals surface area contributed by atoms with Crippen LogP contribution in [0.2, 0.25) is 5.02 Å². The molecule has 1 nitrogen and oxygen atoms in total. The molecule has 3 heteroatoms. The van der Waals surface area contributed by atoms with Gasteiger partial charge < -0.3 is 5.32 Å². The third-order valence-corrected chi connectivity index (χ3v) is 3.90. The Morgan fingerprint density at radius 2 is 1.81 bits per heavy atom. The number of rotatable bonds is 6. The fourth-order valence-corrected chi connectivity index (χ4v) is 2.57. The second-order valence-corrected chi connectivity index (χ2v) is 5.53. The number of aryl methyl sites for hydroxylation is 1. The molecule has 0 aliphatic heterocycles. The summed E-state index contributed by atoms with van der Waals surface area (Å²) in [7, 11) is 0. The van der Waals surface area contributed by atoms with Gasteiger partial charge in [0.15, 0.2) is 0 Å². The van der Waals surface area contributed by atoms with Crippen molar-refractivity contribution >= 4 is 11.6 Å². The molecule has 0 aliphatic carbocycles. The first kappa shape index (κ1) is 16.0. The van der Waals surface area contributed by atoms with E-state index < -0.39 is 0 Å². The predicted molar refractivity (Wildman–Crippen MR) is 87.4 cm³/mol. The summed E-state index contributed by atoms with van der Waals surface area (Å²) in [5.41, 5.74) is 2.93. The fraction of sp³-hybridized carbons (Fsp3) is 0.333. The summed E-state index contributed by atoms with van der Waals surface area (Å²) >= 11 is 5.92. The number of benzene rings is 2. The van der Waals surface area contributed by atoms with Gasteiger partial charge in [-0.1, -0.05) is 61.8 Å². The van der Waals surface area contributed by atoms with Gasteiger partial charge in [0.05, 0.1) is 11.1 Å². The van der Waals surface area contributed by atoms with Gasteiger partial charge in [-0.05, 0) is 36.6 Å². The van der Waals surface area contributed by atoms with E-state index in [-0.39, 0.29) is 16.9 Å². The van der Waals surface area contributed by atoms with Crippen LogP contribution in [0.4, 0.5) is 4.39 Å². The van der Waals surface area contributed by atoms with E-state index in [4.69, 9.17) is 11.6 Å². The van der Waals surface area contributed by atoms with E-state index in [1.165, 1.54) is 5.56 Å². The van der Waals surface area contributed by atoms with Crippen molar-refractivity contribution in [3.63, 3.8) is 0 Å². The topological polar surface area (TPSA) is 12.0 Å². The van der Waals surface area contributed by atoms with Crippen LogP contribution in [0.1, 0.15) is 43.0 Å². The first-order valence-electron chi connectivity index (χ1n) is 7.43. The molecular weight excluding hydrogens is 285 g/mol. The van der Waals surface area contributed by atoms with Crippen molar-refractivity contribution in [1.29, 1.82) is 0 Å². The molecule has 1 N–H and O–H groups in total. The van der Waals surface area contributed by atoms with Crippen LogP contribution in [0.5, 0.6) is 0 Å². The van der Waals surface area contributed by atoms with Gasteiger partial charge in [0.1, 0.15) is 5.82 Å². The van der Waals surface area contributed by atoms with Gasteiger partial charge in [0, 0.05) is 5.56 Å². The summed E-state index contributed by atoms with van der Waals surface area (Å²) in [5, 5.41) is 3.58. The molecule has 21 heavy (non-hydrogen) atoms. The van der Waals surface area contributed by atoms with Crippen molar-refractivity contribution in [1.82, 2.24) is 5.32 Å². The zero-order valence-electron chi connectivity index (χ0n) is 12.5. The molecule has 2 aromatic rings. The van der Waals surface area contributed by atoms with Crippen LogP contribution in [-0.4, -0.2) is 6.54 Å². The Morgan fingerprint density at radius 1 is 1.10 bits per heavy atom. The molecule has 0 amide bonds. The largest absolute Gasteiger partial charge is 0.306 e. The van der Waals surface area contributed by atoms with Crippen LogP contribution in [-0.2, 0) is 6.42 Å². The zero-order valence-corrected chi connectivity index (χ0v) is 13.3. The van der Waals surface area contributed by atoms with E-state index in [1.807, 2.05) is 0 Å². The van der Waals surface area contributed by atoms with Gasteiger partial charge >= 0.3 is 0 Å². The summed E-state index contributed by atoms with van der Waals surface area (Å²) < 4.78 is 14.3. The minimum Gasteiger partial charge on any atom is -0.306 e. The lowest BCUT2D eigenvalue weighted by Crippen LogP contribution is -2.24. The van der Waals surface area contributed by atoms with Gasteiger partial charge in [-0.3, -0.25) is 0 Å². The van der Waals surface area contributed by atoms with Gasteiger partial charge in [0.2, 0.25) is 0 Å². The average molecular weight is 306 g/mol. The highest BCUT2D eigenvalue weighted by atomic mass is 35.5. The molecule has 0 bridgehead atoms. The molecule has 0 heterocycles. The normalized spacial score (nSPS) is 12.4.